The van der Waals surface area contributed by atoms with Crippen LogP contribution in [0, 0.1) is 11.3 Å². The van der Waals surface area contributed by atoms with Crippen LogP contribution < -0.4 is 15.4 Å². The van der Waals surface area contributed by atoms with Gasteiger partial charge in [-0.1, -0.05) is 6.07 Å². The van der Waals surface area contributed by atoms with E-state index in [1.165, 1.54) is 13.0 Å². The monoisotopic (exact) mass is 289 g/mol. The molecule has 6 nitrogen and oxygen atoms in total. The number of urea groups is 1. The number of nitrogens with one attached hydrogen (secondary N) is 2. The third-order valence-corrected chi connectivity index (χ3v) is 2.37. The van der Waals surface area contributed by atoms with Gasteiger partial charge in [-0.15, -0.1) is 0 Å². The Bertz CT molecular complexity index is 570. The Kier molecular flexibility index (Phi) is 5.30. The molecule has 112 valence electrons. The molecule has 0 aromatic heterocycles. The number of carbonyl (C=O) groups excluding carboxylic acids is 2. The zero-order valence-electron chi connectivity index (χ0n) is 12.6. The van der Waals surface area contributed by atoms with Crippen LogP contribution in [0.2, 0.25) is 0 Å². The minimum absolute atomic E-state index is 0.396. The minimum Gasteiger partial charge on any atom is -0.481 e. The second-order valence-electron chi connectivity index (χ2n) is 5.59. The molecule has 0 aliphatic heterocycles. The summed E-state index contributed by atoms with van der Waals surface area (Å²) in [4.78, 5) is 23.4. The van der Waals surface area contributed by atoms with Crippen LogP contribution in [0.25, 0.3) is 0 Å². The maximum atomic E-state index is 11.8. The molecule has 1 atom stereocenters. The first-order valence-corrected chi connectivity index (χ1v) is 6.51. The van der Waals surface area contributed by atoms with E-state index in [0.717, 1.165) is 0 Å². The molecule has 3 amide bonds. The minimum atomic E-state index is -0.857. The van der Waals surface area contributed by atoms with Gasteiger partial charge in [-0.05, 0) is 45.9 Å². The predicted molar refractivity (Wildman–Crippen MR) is 77.7 cm³/mol. The van der Waals surface area contributed by atoms with Crippen molar-refractivity contribution in [3.8, 4) is 11.8 Å². The Morgan fingerprint density at radius 2 is 2.00 bits per heavy atom. The lowest BCUT2D eigenvalue weighted by Crippen LogP contribution is -2.50. The van der Waals surface area contributed by atoms with Gasteiger partial charge < -0.3 is 10.1 Å². The molecule has 1 rings (SSSR count). The van der Waals surface area contributed by atoms with Crippen molar-refractivity contribution in [2.75, 3.05) is 0 Å². The summed E-state index contributed by atoms with van der Waals surface area (Å²) < 4.78 is 5.41. The SMILES string of the molecule is C[C@@H](Oc1cccc(C#N)c1)C(=O)NC(=O)NC(C)(C)C. The van der Waals surface area contributed by atoms with Gasteiger partial charge >= 0.3 is 6.03 Å². The van der Waals surface area contributed by atoms with Crippen LogP contribution in [-0.2, 0) is 4.79 Å². The van der Waals surface area contributed by atoms with E-state index in [-0.39, 0.29) is 0 Å². The molecular formula is C15H19N3O3. The first-order chi connectivity index (χ1) is 9.71. The van der Waals surface area contributed by atoms with Crippen molar-refractivity contribution in [2.24, 2.45) is 0 Å². The summed E-state index contributed by atoms with van der Waals surface area (Å²) in [6, 6.07) is 7.86. The van der Waals surface area contributed by atoms with E-state index in [2.05, 4.69) is 10.6 Å². The molecule has 0 saturated heterocycles. The molecular weight excluding hydrogens is 270 g/mol. The fourth-order valence-electron chi connectivity index (χ4n) is 1.48. The lowest BCUT2D eigenvalue weighted by molar-refractivity contribution is -0.126. The van der Waals surface area contributed by atoms with Crippen LogP contribution in [0.1, 0.15) is 33.3 Å². The lowest BCUT2D eigenvalue weighted by atomic mass is 10.1. The summed E-state index contributed by atoms with van der Waals surface area (Å²) in [5.41, 5.74) is 0.000791. The second-order valence-corrected chi connectivity index (χ2v) is 5.59. The Morgan fingerprint density at radius 3 is 2.57 bits per heavy atom. The molecule has 0 bridgehead atoms. The number of hydrogen-bond donors (Lipinski definition) is 2. The van der Waals surface area contributed by atoms with E-state index in [0.29, 0.717) is 11.3 Å². The van der Waals surface area contributed by atoms with Crippen molar-refractivity contribution in [3.63, 3.8) is 0 Å². The highest BCUT2D eigenvalue weighted by molar-refractivity contribution is 5.96. The van der Waals surface area contributed by atoms with E-state index in [1.54, 1.807) is 18.2 Å². The van der Waals surface area contributed by atoms with Crippen molar-refractivity contribution in [1.29, 1.82) is 5.26 Å². The summed E-state index contributed by atoms with van der Waals surface area (Å²) in [6.07, 6.45) is -0.857. The highest BCUT2D eigenvalue weighted by Crippen LogP contribution is 2.14. The number of carbonyl (C=O) groups is 2. The maximum Gasteiger partial charge on any atom is 0.321 e. The highest BCUT2D eigenvalue weighted by Gasteiger charge is 2.20. The number of amides is 3. The molecule has 1 aromatic carbocycles. The van der Waals surface area contributed by atoms with Crippen LogP contribution in [0.3, 0.4) is 0 Å². The molecule has 0 spiro atoms. The van der Waals surface area contributed by atoms with Gasteiger partial charge in [0.05, 0.1) is 11.6 Å². The number of imide groups is 1. The van der Waals surface area contributed by atoms with Crippen LogP contribution in [0.15, 0.2) is 24.3 Å². The normalized spacial score (nSPS) is 12.0. The quantitative estimate of drug-likeness (QED) is 0.889. The Morgan fingerprint density at radius 1 is 1.33 bits per heavy atom. The Balaban J connectivity index is 2.59. The van der Waals surface area contributed by atoms with Crippen LogP contribution >= 0.6 is 0 Å². The zero-order valence-corrected chi connectivity index (χ0v) is 12.6. The molecule has 2 N–H and O–H groups in total. The van der Waals surface area contributed by atoms with Crippen LogP contribution in [0.4, 0.5) is 4.79 Å². The van der Waals surface area contributed by atoms with Gasteiger partial charge in [0.1, 0.15) is 5.75 Å². The number of hydrogen-bond acceptors (Lipinski definition) is 4. The van der Waals surface area contributed by atoms with Crippen LogP contribution in [-0.4, -0.2) is 23.6 Å². The van der Waals surface area contributed by atoms with Gasteiger partial charge in [-0.3, -0.25) is 10.1 Å². The molecule has 0 aliphatic rings. The van der Waals surface area contributed by atoms with Gasteiger partial charge in [0.15, 0.2) is 6.10 Å². The van der Waals surface area contributed by atoms with Gasteiger partial charge in [0.25, 0.3) is 5.91 Å². The first kappa shape index (κ1) is 16.5. The van der Waals surface area contributed by atoms with Crippen molar-refractivity contribution < 1.29 is 14.3 Å². The average Bonchev–Trinajstić information content (AvgIpc) is 2.36. The second kappa shape index (κ2) is 6.75. The molecule has 0 fully saturated rings. The maximum absolute atomic E-state index is 11.8. The molecule has 1 aromatic rings. The predicted octanol–water partition coefficient (Wildman–Crippen LogP) is 1.95. The van der Waals surface area contributed by atoms with Gasteiger partial charge in [-0.25, -0.2) is 4.79 Å². The van der Waals surface area contributed by atoms with Crippen molar-refractivity contribution >= 4 is 11.9 Å². The van der Waals surface area contributed by atoms with E-state index < -0.39 is 23.6 Å². The fraction of sp³-hybridized carbons (Fsp3) is 0.400. The summed E-state index contributed by atoms with van der Waals surface area (Å²) in [7, 11) is 0. The number of rotatable bonds is 3. The standard InChI is InChI=1S/C15H19N3O3/c1-10(13(19)17-14(20)18-15(2,3)4)21-12-7-5-6-11(8-12)9-16/h5-8,10H,1-4H3,(H2,17,18,19,20)/t10-/m1/s1. The molecule has 6 heteroatoms. The third-order valence-electron chi connectivity index (χ3n) is 2.37. The third kappa shape index (κ3) is 5.95. The molecule has 0 radical (unpaired) electrons. The highest BCUT2D eigenvalue weighted by atomic mass is 16.5. The number of ether oxygens (including phenoxy) is 1. The molecule has 0 unspecified atom stereocenters. The van der Waals surface area contributed by atoms with Gasteiger partial charge in [0, 0.05) is 5.54 Å². The molecule has 21 heavy (non-hydrogen) atoms. The summed E-state index contributed by atoms with van der Waals surface area (Å²) in [5, 5.41) is 13.6. The summed E-state index contributed by atoms with van der Waals surface area (Å²) in [6.45, 7) is 6.96. The van der Waals surface area contributed by atoms with Crippen LogP contribution in [0.5, 0.6) is 5.75 Å². The van der Waals surface area contributed by atoms with E-state index in [4.69, 9.17) is 10.00 Å². The molecule has 0 heterocycles. The Hall–Kier alpha value is -2.55. The number of benzene rings is 1. The summed E-state index contributed by atoms with van der Waals surface area (Å²) in [5.74, 6) is -0.160. The summed E-state index contributed by atoms with van der Waals surface area (Å²) >= 11 is 0. The number of nitriles is 1. The fourth-order valence-corrected chi connectivity index (χ4v) is 1.48. The van der Waals surface area contributed by atoms with Crippen molar-refractivity contribution in [1.82, 2.24) is 10.6 Å². The molecule has 0 aliphatic carbocycles. The smallest absolute Gasteiger partial charge is 0.321 e. The first-order valence-electron chi connectivity index (χ1n) is 6.51. The average molecular weight is 289 g/mol. The van der Waals surface area contributed by atoms with E-state index in [9.17, 15) is 9.59 Å². The van der Waals surface area contributed by atoms with E-state index >= 15 is 0 Å². The topological polar surface area (TPSA) is 91.2 Å². The van der Waals surface area contributed by atoms with E-state index in [1.807, 2.05) is 26.8 Å². The largest absolute Gasteiger partial charge is 0.481 e. The van der Waals surface area contributed by atoms with Crippen molar-refractivity contribution in [3.05, 3.63) is 29.8 Å². The lowest BCUT2D eigenvalue weighted by Gasteiger charge is -2.21. The van der Waals surface area contributed by atoms with Crippen molar-refractivity contribution in [2.45, 2.75) is 39.3 Å². The molecule has 0 saturated carbocycles. The van der Waals surface area contributed by atoms with Gasteiger partial charge in [-0.2, -0.15) is 5.26 Å². The number of nitrogens with zero attached hydrogens (tertiary/aromatic N) is 1. The zero-order chi connectivity index (χ0) is 16.0. The van der Waals surface area contributed by atoms with Gasteiger partial charge in [0.2, 0.25) is 0 Å². The Labute approximate surface area is 124 Å².